The van der Waals surface area contributed by atoms with E-state index in [1.54, 1.807) is 12.1 Å². The monoisotopic (exact) mass is 397 g/mol. The van der Waals surface area contributed by atoms with Crippen LogP contribution in [0.2, 0.25) is 0 Å². The van der Waals surface area contributed by atoms with Crippen LogP contribution in [0.3, 0.4) is 0 Å². The van der Waals surface area contributed by atoms with Gasteiger partial charge in [0.2, 0.25) is 6.79 Å². The van der Waals surface area contributed by atoms with E-state index < -0.39 is 10.8 Å². The van der Waals surface area contributed by atoms with Crippen LogP contribution in [0, 0.1) is 10.1 Å². The largest absolute Gasteiger partial charge is 0.493 e. The summed E-state index contributed by atoms with van der Waals surface area (Å²) < 4.78 is 21.6. The van der Waals surface area contributed by atoms with E-state index in [4.69, 9.17) is 18.6 Å². The van der Waals surface area contributed by atoms with Gasteiger partial charge in [-0.05, 0) is 25.1 Å². The molecule has 0 bridgehead atoms. The van der Waals surface area contributed by atoms with Crippen LogP contribution < -0.4 is 19.6 Å². The molecule has 3 aromatic rings. The molecule has 0 saturated heterocycles. The molecule has 0 spiro atoms. The first-order chi connectivity index (χ1) is 14.0. The van der Waals surface area contributed by atoms with E-state index in [0.29, 0.717) is 40.4 Å². The molecule has 1 aliphatic rings. The highest BCUT2D eigenvalue weighted by molar-refractivity contribution is 5.97. The second-order valence-corrected chi connectivity index (χ2v) is 5.97. The molecular weight excluding hydrogens is 382 g/mol. The molecule has 29 heavy (non-hydrogen) atoms. The Labute approximate surface area is 163 Å². The molecule has 0 fully saturated rings. The van der Waals surface area contributed by atoms with E-state index in [1.165, 1.54) is 30.5 Å². The average Bonchev–Trinajstić information content (AvgIpc) is 3.33. The number of amides is 1. The highest BCUT2D eigenvalue weighted by Gasteiger charge is 2.18. The first kappa shape index (κ1) is 18.3. The number of benzene rings is 2. The van der Waals surface area contributed by atoms with Gasteiger partial charge in [-0.1, -0.05) is 0 Å². The third-order valence-electron chi connectivity index (χ3n) is 4.11. The zero-order chi connectivity index (χ0) is 20.4. The highest BCUT2D eigenvalue weighted by Crippen LogP contribution is 2.37. The number of fused-ring (bicyclic) bond motifs is 2. The molecular formula is C19H15N3O7. The van der Waals surface area contributed by atoms with E-state index >= 15 is 0 Å². The minimum atomic E-state index is -0.598. The third kappa shape index (κ3) is 3.68. The number of hydrogen-bond donors (Lipinski definition) is 1. The maximum Gasteiger partial charge on any atom is 0.307 e. The Kier molecular flexibility index (Phi) is 4.73. The van der Waals surface area contributed by atoms with Gasteiger partial charge < -0.3 is 18.6 Å². The molecule has 1 amide bonds. The Bertz CT molecular complexity index is 1140. The Morgan fingerprint density at radius 3 is 2.83 bits per heavy atom. The highest BCUT2D eigenvalue weighted by atomic mass is 16.7. The molecule has 4 rings (SSSR count). The summed E-state index contributed by atoms with van der Waals surface area (Å²) in [6, 6.07) is 8.89. The number of nitro groups is 1. The van der Waals surface area contributed by atoms with Crippen LogP contribution in [0.25, 0.3) is 11.0 Å². The molecule has 10 heteroatoms. The van der Waals surface area contributed by atoms with Crippen molar-refractivity contribution in [1.29, 1.82) is 0 Å². The summed E-state index contributed by atoms with van der Waals surface area (Å²) in [6.07, 6.45) is 1.42. The SMILES string of the molecule is CCOc1cc2c(cc1/C=N\NC(=O)c1cc3cc([N+](=O)[O-])ccc3o1)OCO2. The molecule has 0 atom stereocenters. The molecule has 148 valence electrons. The number of furan rings is 1. The number of non-ortho nitro benzene ring substituents is 1. The van der Waals surface area contributed by atoms with Crippen molar-refractivity contribution in [3.05, 3.63) is 57.8 Å². The second kappa shape index (κ2) is 7.50. The van der Waals surface area contributed by atoms with E-state index in [1.807, 2.05) is 6.92 Å². The summed E-state index contributed by atoms with van der Waals surface area (Å²) in [6.45, 7) is 2.42. The predicted octanol–water partition coefficient (Wildman–Crippen LogP) is 3.23. The number of nitro benzene ring substituents is 1. The van der Waals surface area contributed by atoms with E-state index in [9.17, 15) is 14.9 Å². The Hall–Kier alpha value is -4.08. The van der Waals surface area contributed by atoms with Crippen LogP contribution in [0.15, 0.2) is 45.9 Å². The minimum Gasteiger partial charge on any atom is -0.493 e. The minimum absolute atomic E-state index is 0.0200. The molecule has 0 saturated carbocycles. The van der Waals surface area contributed by atoms with E-state index in [-0.39, 0.29) is 18.2 Å². The normalized spacial score (nSPS) is 12.4. The number of rotatable bonds is 6. The van der Waals surface area contributed by atoms with Crippen molar-refractivity contribution in [2.24, 2.45) is 5.10 Å². The first-order valence-corrected chi connectivity index (χ1v) is 8.63. The van der Waals surface area contributed by atoms with Crippen LogP contribution in [-0.4, -0.2) is 30.4 Å². The molecule has 0 radical (unpaired) electrons. The van der Waals surface area contributed by atoms with Crippen LogP contribution in [0.4, 0.5) is 5.69 Å². The van der Waals surface area contributed by atoms with Crippen molar-refractivity contribution in [3.8, 4) is 17.2 Å². The van der Waals surface area contributed by atoms with E-state index in [0.717, 1.165) is 0 Å². The number of carbonyl (C=O) groups is 1. The lowest BCUT2D eigenvalue weighted by atomic mass is 10.2. The van der Waals surface area contributed by atoms with Gasteiger partial charge in [0.15, 0.2) is 17.3 Å². The van der Waals surface area contributed by atoms with Gasteiger partial charge >= 0.3 is 5.91 Å². The Morgan fingerprint density at radius 2 is 2.07 bits per heavy atom. The zero-order valence-corrected chi connectivity index (χ0v) is 15.2. The van der Waals surface area contributed by atoms with Gasteiger partial charge in [0, 0.05) is 29.1 Å². The number of hydrogen-bond acceptors (Lipinski definition) is 8. The first-order valence-electron chi connectivity index (χ1n) is 8.63. The van der Waals surface area contributed by atoms with Crippen molar-refractivity contribution in [1.82, 2.24) is 5.43 Å². The van der Waals surface area contributed by atoms with Gasteiger partial charge in [-0.3, -0.25) is 14.9 Å². The molecule has 10 nitrogen and oxygen atoms in total. The molecule has 1 aromatic heterocycles. The molecule has 2 heterocycles. The van der Waals surface area contributed by atoms with Crippen LogP contribution >= 0.6 is 0 Å². The molecule has 1 aliphatic heterocycles. The summed E-state index contributed by atoms with van der Waals surface area (Å²) in [5.41, 5.74) is 3.22. The number of carbonyl (C=O) groups excluding carboxylic acids is 1. The molecule has 2 aromatic carbocycles. The van der Waals surface area contributed by atoms with Crippen molar-refractivity contribution in [2.75, 3.05) is 13.4 Å². The second-order valence-electron chi connectivity index (χ2n) is 5.97. The quantitative estimate of drug-likeness (QED) is 0.384. The summed E-state index contributed by atoms with van der Waals surface area (Å²) in [5.74, 6) is 1.05. The van der Waals surface area contributed by atoms with Gasteiger partial charge in [0.25, 0.3) is 5.69 Å². The lowest BCUT2D eigenvalue weighted by Crippen LogP contribution is -2.16. The van der Waals surface area contributed by atoms with Crippen molar-refractivity contribution in [3.63, 3.8) is 0 Å². The smallest absolute Gasteiger partial charge is 0.307 e. The van der Waals surface area contributed by atoms with E-state index in [2.05, 4.69) is 10.5 Å². The number of nitrogens with zero attached hydrogens (tertiary/aromatic N) is 2. The Balaban J connectivity index is 1.51. The third-order valence-corrected chi connectivity index (χ3v) is 4.11. The Morgan fingerprint density at radius 1 is 1.28 bits per heavy atom. The summed E-state index contributed by atoms with van der Waals surface area (Å²) in [4.78, 5) is 22.6. The predicted molar refractivity (Wildman–Crippen MR) is 102 cm³/mol. The topological polar surface area (TPSA) is 125 Å². The van der Waals surface area contributed by atoms with Crippen LogP contribution in [0.5, 0.6) is 17.2 Å². The van der Waals surface area contributed by atoms with Gasteiger partial charge in [-0.2, -0.15) is 5.10 Å². The molecule has 1 N–H and O–H groups in total. The summed E-state index contributed by atoms with van der Waals surface area (Å²) >= 11 is 0. The molecule has 0 unspecified atom stereocenters. The van der Waals surface area contributed by atoms with Gasteiger partial charge in [0.05, 0.1) is 17.7 Å². The van der Waals surface area contributed by atoms with Crippen molar-refractivity contribution in [2.45, 2.75) is 6.92 Å². The molecule has 0 aliphatic carbocycles. The number of hydrazone groups is 1. The average molecular weight is 397 g/mol. The van der Waals surface area contributed by atoms with Crippen molar-refractivity contribution < 1.29 is 28.3 Å². The fraction of sp³-hybridized carbons (Fsp3) is 0.158. The maximum atomic E-state index is 12.3. The number of nitrogens with one attached hydrogen (secondary N) is 1. The number of ether oxygens (including phenoxy) is 3. The fourth-order valence-corrected chi connectivity index (χ4v) is 2.79. The zero-order valence-electron chi connectivity index (χ0n) is 15.2. The summed E-state index contributed by atoms with van der Waals surface area (Å²) in [7, 11) is 0. The van der Waals surface area contributed by atoms with Crippen LogP contribution in [-0.2, 0) is 0 Å². The lowest BCUT2D eigenvalue weighted by Gasteiger charge is -2.08. The fourth-order valence-electron chi connectivity index (χ4n) is 2.79. The van der Waals surface area contributed by atoms with Crippen molar-refractivity contribution >= 4 is 28.8 Å². The van der Waals surface area contributed by atoms with Crippen LogP contribution in [0.1, 0.15) is 23.0 Å². The van der Waals surface area contributed by atoms with Gasteiger partial charge in [-0.15, -0.1) is 0 Å². The maximum absolute atomic E-state index is 12.3. The van der Waals surface area contributed by atoms with Gasteiger partial charge in [-0.25, -0.2) is 5.43 Å². The summed E-state index contributed by atoms with van der Waals surface area (Å²) in [5, 5.41) is 15.2. The van der Waals surface area contributed by atoms with Gasteiger partial charge in [0.1, 0.15) is 11.3 Å². The standard InChI is InChI=1S/C19H15N3O7/c1-2-26-15-8-17-16(27-10-28-17)7-12(15)9-20-21-19(23)18-6-11-5-13(22(24)25)3-4-14(11)29-18/h3-9H,2,10H2,1H3,(H,21,23)/b20-9-. The lowest BCUT2D eigenvalue weighted by molar-refractivity contribution is -0.384.